The van der Waals surface area contributed by atoms with Crippen LogP contribution in [0.15, 0.2) is 17.1 Å². The summed E-state index contributed by atoms with van der Waals surface area (Å²) in [5, 5.41) is 6.90. The topological polar surface area (TPSA) is 39.7 Å². The number of hydrogen-bond acceptors (Lipinski definition) is 2. The van der Waals surface area contributed by atoms with Crippen LogP contribution in [0.5, 0.6) is 0 Å². The van der Waals surface area contributed by atoms with Gasteiger partial charge in [0, 0.05) is 32.2 Å². The van der Waals surface area contributed by atoms with Gasteiger partial charge in [0.1, 0.15) is 0 Å². The first-order valence-corrected chi connectivity index (χ1v) is 9.59. The van der Waals surface area contributed by atoms with Crippen LogP contribution in [0.25, 0.3) is 0 Å². The lowest BCUT2D eigenvalue weighted by atomic mass is 9.92. The summed E-state index contributed by atoms with van der Waals surface area (Å²) >= 11 is 0. The minimum absolute atomic E-state index is 0. The molecule has 0 radical (unpaired) electrons. The van der Waals surface area contributed by atoms with E-state index in [2.05, 4.69) is 48.5 Å². The number of unbranched alkanes of at least 4 members (excludes halogenated alkanes) is 1. The van der Waals surface area contributed by atoms with Crippen LogP contribution in [0.2, 0.25) is 0 Å². The SMILES string of the molecule is CCNC(=NCCCCN1CC(C)CC(C)C1)NC1CC=CC1.I. The van der Waals surface area contributed by atoms with Gasteiger partial charge in [-0.3, -0.25) is 4.99 Å². The second-order valence-electron chi connectivity index (χ2n) is 7.46. The van der Waals surface area contributed by atoms with E-state index >= 15 is 0 Å². The molecule has 0 bridgehead atoms. The number of aliphatic imine (C=N–C) groups is 1. The highest BCUT2D eigenvalue weighted by atomic mass is 127. The molecule has 0 aromatic rings. The van der Waals surface area contributed by atoms with Crippen molar-refractivity contribution in [3.8, 4) is 0 Å². The van der Waals surface area contributed by atoms with Crippen molar-refractivity contribution in [2.45, 2.75) is 58.9 Å². The summed E-state index contributed by atoms with van der Waals surface area (Å²) < 4.78 is 0. The zero-order chi connectivity index (χ0) is 16.5. The van der Waals surface area contributed by atoms with Crippen molar-refractivity contribution in [2.24, 2.45) is 16.8 Å². The van der Waals surface area contributed by atoms with E-state index in [9.17, 15) is 0 Å². The Morgan fingerprint density at radius 3 is 2.42 bits per heavy atom. The number of hydrogen-bond donors (Lipinski definition) is 2. The molecule has 4 nitrogen and oxygen atoms in total. The Kier molecular flexibility index (Phi) is 11.0. The van der Waals surface area contributed by atoms with Crippen LogP contribution in [0.4, 0.5) is 0 Å². The summed E-state index contributed by atoms with van der Waals surface area (Å²) in [4.78, 5) is 7.39. The average Bonchev–Trinajstić information content (AvgIpc) is 2.99. The maximum Gasteiger partial charge on any atom is 0.191 e. The Hall–Kier alpha value is -0.300. The van der Waals surface area contributed by atoms with E-state index < -0.39 is 0 Å². The Morgan fingerprint density at radius 1 is 1.12 bits per heavy atom. The summed E-state index contributed by atoms with van der Waals surface area (Å²) in [5.74, 6) is 2.71. The molecule has 1 saturated heterocycles. The van der Waals surface area contributed by atoms with E-state index in [1.807, 2.05) is 0 Å². The van der Waals surface area contributed by atoms with Gasteiger partial charge in [-0.15, -0.1) is 24.0 Å². The highest BCUT2D eigenvalue weighted by Crippen LogP contribution is 2.20. The van der Waals surface area contributed by atoms with Crippen molar-refractivity contribution < 1.29 is 0 Å². The summed E-state index contributed by atoms with van der Waals surface area (Å²) in [6, 6.07) is 0.532. The molecule has 2 rings (SSSR count). The minimum atomic E-state index is 0. The minimum Gasteiger partial charge on any atom is -0.357 e. The number of likely N-dealkylation sites (tertiary alicyclic amines) is 1. The van der Waals surface area contributed by atoms with Crippen molar-refractivity contribution in [2.75, 3.05) is 32.7 Å². The van der Waals surface area contributed by atoms with Gasteiger partial charge in [0.2, 0.25) is 0 Å². The Labute approximate surface area is 166 Å². The molecule has 2 N–H and O–H groups in total. The maximum absolute atomic E-state index is 4.74. The van der Waals surface area contributed by atoms with E-state index in [-0.39, 0.29) is 24.0 Å². The molecule has 1 aliphatic heterocycles. The highest BCUT2D eigenvalue weighted by molar-refractivity contribution is 14.0. The first-order valence-electron chi connectivity index (χ1n) is 9.59. The second-order valence-corrected chi connectivity index (χ2v) is 7.46. The van der Waals surface area contributed by atoms with Crippen molar-refractivity contribution in [1.82, 2.24) is 15.5 Å². The van der Waals surface area contributed by atoms with Crippen LogP contribution in [0.1, 0.15) is 52.9 Å². The first kappa shape index (κ1) is 21.7. The normalized spacial score (nSPS) is 25.5. The van der Waals surface area contributed by atoms with E-state index in [0.717, 1.165) is 43.7 Å². The van der Waals surface area contributed by atoms with Crippen LogP contribution in [0.3, 0.4) is 0 Å². The van der Waals surface area contributed by atoms with Crippen molar-refractivity contribution in [3.63, 3.8) is 0 Å². The molecule has 2 atom stereocenters. The smallest absolute Gasteiger partial charge is 0.191 e. The third-order valence-electron chi connectivity index (χ3n) is 4.79. The Balaban J connectivity index is 0.00000288. The van der Waals surface area contributed by atoms with Crippen molar-refractivity contribution in [3.05, 3.63) is 12.2 Å². The molecule has 2 aliphatic rings. The summed E-state index contributed by atoms with van der Waals surface area (Å²) in [5.41, 5.74) is 0. The van der Waals surface area contributed by atoms with E-state index in [4.69, 9.17) is 4.99 Å². The van der Waals surface area contributed by atoms with Gasteiger partial charge in [-0.1, -0.05) is 26.0 Å². The van der Waals surface area contributed by atoms with Gasteiger partial charge >= 0.3 is 0 Å². The molecule has 0 saturated carbocycles. The standard InChI is InChI=1S/C19H36N4.HI/c1-4-20-19(22-18-9-5-6-10-18)21-11-7-8-12-23-14-16(2)13-17(3)15-23;/h5-6,16-18H,4,7-15H2,1-3H3,(H2,20,21,22);1H. The molecule has 1 fully saturated rings. The summed E-state index contributed by atoms with van der Waals surface area (Å²) in [6.07, 6.45) is 10.6. The van der Waals surface area contributed by atoms with Crippen LogP contribution in [0, 0.1) is 11.8 Å². The molecule has 140 valence electrons. The van der Waals surface area contributed by atoms with Gasteiger partial charge in [0.05, 0.1) is 0 Å². The fourth-order valence-electron chi connectivity index (χ4n) is 3.86. The largest absolute Gasteiger partial charge is 0.357 e. The molecule has 24 heavy (non-hydrogen) atoms. The van der Waals surface area contributed by atoms with Gasteiger partial charge in [0.15, 0.2) is 5.96 Å². The van der Waals surface area contributed by atoms with Gasteiger partial charge in [0.25, 0.3) is 0 Å². The molecule has 0 amide bonds. The van der Waals surface area contributed by atoms with Gasteiger partial charge in [-0.25, -0.2) is 0 Å². The number of nitrogens with one attached hydrogen (secondary N) is 2. The summed E-state index contributed by atoms with van der Waals surface area (Å²) in [6.45, 7) is 12.6. The van der Waals surface area contributed by atoms with E-state index in [1.54, 1.807) is 0 Å². The fraction of sp³-hybridized carbons (Fsp3) is 0.842. The van der Waals surface area contributed by atoms with Crippen molar-refractivity contribution >= 4 is 29.9 Å². The summed E-state index contributed by atoms with van der Waals surface area (Å²) in [7, 11) is 0. The second kappa shape index (κ2) is 12.1. The lowest BCUT2D eigenvalue weighted by molar-refractivity contribution is 0.139. The maximum atomic E-state index is 4.74. The lowest BCUT2D eigenvalue weighted by Gasteiger charge is -2.34. The molecular formula is C19H37IN4. The number of guanidine groups is 1. The van der Waals surface area contributed by atoms with E-state index in [0.29, 0.717) is 6.04 Å². The van der Waals surface area contributed by atoms with Gasteiger partial charge in [-0.05, 0) is 57.4 Å². The lowest BCUT2D eigenvalue weighted by Crippen LogP contribution is -2.42. The van der Waals surface area contributed by atoms with E-state index in [1.165, 1.54) is 38.9 Å². The Morgan fingerprint density at radius 2 is 1.79 bits per heavy atom. The molecule has 0 spiro atoms. The zero-order valence-corrected chi connectivity index (χ0v) is 18.1. The van der Waals surface area contributed by atoms with Crippen molar-refractivity contribution in [1.29, 1.82) is 0 Å². The molecule has 0 aromatic heterocycles. The third-order valence-corrected chi connectivity index (χ3v) is 4.79. The molecule has 2 unspecified atom stereocenters. The predicted molar refractivity (Wildman–Crippen MR) is 115 cm³/mol. The highest BCUT2D eigenvalue weighted by Gasteiger charge is 2.20. The monoisotopic (exact) mass is 448 g/mol. The molecular weight excluding hydrogens is 411 g/mol. The predicted octanol–water partition coefficient (Wildman–Crippen LogP) is 3.64. The first-order chi connectivity index (χ1) is 11.2. The zero-order valence-electron chi connectivity index (χ0n) is 15.8. The number of piperidine rings is 1. The van der Waals surface area contributed by atoms with Crippen LogP contribution in [-0.4, -0.2) is 49.6 Å². The molecule has 0 aromatic carbocycles. The molecule has 1 aliphatic carbocycles. The fourth-order valence-corrected chi connectivity index (χ4v) is 3.86. The molecule has 1 heterocycles. The van der Waals surface area contributed by atoms with Crippen LogP contribution >= 0.6 is 24.0 Å². The Bertz CT molecular complexity index is 379. The van der Waals surface area contributed by atoms with Crippen LogP contribution in [-0.2, 0) is 0 Å². The van der Waals surface area contributed by atoms with Crippen LogP contribution < -0.4 is 10.6 Å². The number of nitrogens with zero attached hydrogens (tertiary/aromatic N) is 2. The third kappa shape index (κ3) is 8.19. The number of halogens is 1. The molecule has 5 heteroatoms. The van der Waals surface area contributed by atoms with Gasteiger partial charge < -0.3 is 15.5 Å². The van der Waals surface area contributed by atoms with Gasteiger partial charge in [-0.2, -0.15) is 0 Å². The quantitative estimate of drug-likeness (QED) is 0.205. The number of rotatable bonds is 7. The average molecular weight is 448 g/mol.